The van der Waals surface area contributed by atoms with E-state index in [9.17, 15) is 9.59 Å². The zero-order valence-corrected chi connectivity index (χ0v) is 17.1. The third-order valence-corrected chi connectivity index (χ3v) is 5.41. The van der Waals surface area contributed by atoms with Gasteiger partial charge in [-0.3, -0.25) is 9.59 Å². The molecule has 1 fully saturated rings. The van der Waals surface area contributed by atoms with E-state index >= 15 is 0 Å². The summed E-state index contributed by atoms with van der Waals surface area (Å²) in [5, 5.41) is 0. The van der Waals surface area contributed by atoms with E-state index in [1.165, 1.54) is 0 Å². The van der Waals surface area contributed by atoms with E-state index in [0.717, 1.165) is 24.8 Å². The van der Waals surface area contributed by atoms with E-state index in [1.807, 2.05) is 19.9 Å². The summed E-state index contributed by atoms with van der Waals surface area (Å²) in [6.45, 7) is 6.55. The first-order chi connectivity index (χ1) is 13.9. The van der Waals surface area contributed by atoms with Crippen LogP contribution in [0.4, 0.5) is 0 Å². The third-order valence-electron chi connectivity index (χ3n) is 5.41. The zero-order valence-electron chi connectivity index (χ0n) is 17.1. The van der Waals surface area contributed by atoms with E-state index in [0.29, 0.717) is 34.6 Å². The highest BCUT2D eigenvalue weighted by Crippen LogP contribution is 2.37. The standard InChI is InChI=1S/C24H26O5/c1-4-5-8-15-11-12-19-20(22(26)18-10-7-6-9-17(18)21(19)25)23(15)27-13-16-14-28-24(2,3)29-16/h6-7,9-12,16H,4-5,8,13-14H2,1-3H3. The largest absolute Gasteiger partial charge is 0.490 e. The summed E-state index contributed by atoms with van der Waals surface area (Å²) >= 11 is 0. The molecule has 1 heterocycles. The van der Waals surface area contributed by atoms with Crippen LogP contribution in [0.3, 0.4) is 0 Å². The zero-order chi connectivity index (χ0) is 20.6. The maximum absolute atomic E-state index is 13.3. The molecule has 0 bridgehead atoms. The number of benzene rings is 2. The number of hydrogen-bond donors (Lipinski definition) is 0. The number of unbranched alkanes of at least 4 members (excludes halogenated alkanes) is 1. The van der Waals surface area contributed by atoms with Gasteiger partial charge in [0.15, 0.2) is 17.4 Å². The van der Waals surface area contributed by atoms with Crippen molar-refractivity contribution in [3.8, 4) is 5.75 Å². The molecule has 1 aliphatic heterocycles. The molecule has 5 heteroatoms. The molecule has 5 nitrogen and oxygen atoms in total. The van der Waals surface area contributed by atoms with Crippen LogP contribution in [0.5, 0.6) is 5.75 Å². The molecular formula is C24H26O5. The number of ketones is 2. The number of aryl methyl sites for hydroxylation is 1. The van der Waals surface area contributed by atoms with Crippen molar-refractivity contribution in [2.45, 2.75) is 51.9 Å². The third kappa shape index (κ3) is 3.72. The molecule has 2 aromatic carbocycles. The SMILES string of the molecule is CCCCc1ccc2c(c1OCC1COC(C)(C)O1)C(=O)c1ccccc1C2=O. The van der Waals surface area contributed by atoms with Crippen molar-refractivity contribution in [1.82, 2.24) is 0 Å². The Balaban J connectivity index is 1.72. The van der Waals surface area contributed by atoms with Crippen LogP contribution < -0.4 is 4.74 Å². The molecule has 152 valence electrons. The summed E-state index contributed by atoms with van der Waals surface area (Å²) in [5.74, 6) is -0.423. The molecule has 2 aromatic rings. The van der Waals surface area contributed by atoms with Crippen molar-refractivity contribution < 1.29 is 23.8 Å². The van der Waals surface area contributed by atoms with Crippen LogP contribution >= 0.6 is 0 Å². The Hall–Kier alpha value is -2.50. The highest BCUT2D eigenvalue weighted by molar-refractivity contribution is 6.29. The van der Waals surface area contributed by atoms with Crippen LogP contribution in [-0.4, -0.2) is 36.7 Å². The van der Waals surface area contributed by atoms with Gasteiger partial charge in [-0.25, -0.2) is 0 Å². The number of ether oxygens (including phenoxy) is 3. The van der Waals surface area contributed by atoms with Crippen molar-refractivity contribution in [1.29, 1.82) is 0 Å². The molecule has 1 aliphatic carbocycles. The van der Waals surface area contributed by atoms with Gasteiger partial charge >= 0.3 is 0 Å². The minimum Gasteiger partial charge on any atom is -0.490 e. The number of carbonyl (C=O) groups is 2. The second-order valence-electron chi connectivity index (χ2n) is 8.05. The average Bonchev–Trinajstić information content (AvgIpc) is 3.07. The fourth-order valence-corrected chi connectivity index (χ4v) is 3.95. The van der Waals surface area contributed by atoms with Crippen molar-refractivity contribution in [2.24, 2.45) is 0 Å². The monoisotopic (exact) mass is 394 g/mol. The lowest BCUT2D eigenvalue weighted by atomic mass is 9.82. The van der Waals surface area contributed by atoms with Crippen molar-refractivity contribution in [3.63, 3.8) is 0 Å². The molecule has 0 N–H and O–H groups in total. The maximum Gasteiger partial charge on any atom is 0.198 e. The lowest BCUT2D eigenvalue weighted by Crippen LogP contribution is -2.27. The van der Waals surface area contributed by atoms with Gasteiger partial charge in [-0.15, -0.1) is 0 Å². The number of hydrogen-bond acceptors (Lipinski definition) is 5. The summed E-state index contributed by atoms with van der Waals surface area (Å²) in [5.41, 5.74) is 2.62. The minimum atomic E-state index is -0.639. The van der Waals surface area contributed by atoms with E-state index in [-0.39, 0.29) is 24.3 Å². The Morgan fingerprint density at radius 3 is 2.41 bits per heavy atom. The number of fused-ring (bicyclic) bond motifs is 2. The van der Waals surface area contributed by atoms with Gasteiger partial charge in [0.25, 0.3) is 0 Å². The molecule has 4 rings (SSSR count). The summed E-state index contributed by atoms with van der Waals surface area (Å²) in [4.78, 5) is 26.3. The van der Waals surface area contributed by atoms with Gasteiger partial charge in [0.05, 0.1) is 12.2 Å². The van der Waals surface area contributed by atoms with Gasteiger partial charge in [-0.05, 0) is 38.3 Å². The van der Waals surface area contributed by atoms with Crippen molar-refractivity contribution >= 4 is 11.6 Å². The Bertz CT molecular complexity index is 960. The fourth-order valence-electron chi connectivity index (χ4n) is 3.95. The normalized spacial score (nSPS) is 19.8. The van der Waals surface area contributed by atoms with E-state index < -0.39 is 5.79 Å². The van der Waals surface area contributed by atoms with Crippen LogP contribution in [-0.2, 0) is 15.9 Å². The van der Waals surface area contributed by atoms with Crippen LogP contribution in [0.25, 0.3) is 0 Å². The number of rotatable bonds is 6. The van der Waals surface area contributed by atoms with Crippen LogP contribution in [0.15, 0.2) is 36.4 Å². The van der Waals surface area contributed by atoms with E-state index in [4.69, 9.17) is 14.2 Å². The first-order valence-electron chi connectivity index (χ1n) is 10.2. The number of carbonyl (C=O) groups excluding carboxylic acids is 2. The quantitative estimate of drug-likeness (QED) is 0.623. The van der Waals surface area contributed by atoms with Crippen molar-refractivity contribution in [3.05, 3.63) is 64.2 Å². The summed E-state index contributed by atoms with van der Waals surface area (Å²) in [7, 11) is 0. The average molecular weight is 394 g/mol. The second-order valence-corrected chi connectivity index (χ2v) is 8.05. The first-order valence-corrected chi connectivity index (χ1v) is 10.2. The molecule has 29 heavy (non-hydrogen) atoms. The maximum atomic E-state index is 13.3. The molecule has 0 amide bonds. The molecular weight excluding hydrogens is 368 g/mol. The molecule has 1 atom stereocenters. The highest BCUT2D eigenvalue weighted by atomic mass is 16.7. The Morgan fingerprint density at radius 1 is 1.03 bits per heavy atom. The Kier molecular flexibility index (Phi) is 5.28. The topological polar surface area (TPSA) is 61.8 Å². The fraction of sp³-hybridized carbons (Fsp3) is 0.417. The van der Waals surface area contributed by atoms with E-state index in [2.05, 4.69) is 6.92 Å². The molecule has 1 saturated heterocycles. The van der Waals surface area contributed by atoms with Gasteiger partial charge < -0.3 is 14.2 Å². The summed E-state index contributed by atoms with van der Waals surface area (Å²) < 4.78 is 17.6. The van der Waals surface area contributed by atoms with Gasteiger partial charge in [0, 0.05) is 16.7 Å². The molecule has 0 spiro atoms. The highest BCUT2D eigenvalue weighted by Gasteiger charge is 2.36. The van der Waals surface area contributed by atoms with Gasteiger partial charge in [0.1, 0.15) is 18.5 Å². The molecule has 0 aromatic heterocycles. The van der Waals surface area contributed by atoms with Gasteiger partial charge in [-0.1, -0.05) is 43.7 Å². The molecule has 0 radical (unpaired) electrons. The van der Waals surface area contributed by atoms with E-state index in [1.54, 1.807) is 30.3 Å². The summed E-state index contributed by atoms with van der Waals surface area (Å²) in [6, 6.07) is 10.7. The van der Waals surface area contributed by atoms with Crippen molar-refractivity contribution in [2.75, 3.05) is 13.2 Å². The lowest BCUT2D eigenvalue weighted by Gasteiger charge is -2.23. The minimum absolute atomic E-state index is 0.135. The molecule has 0 saturated carbocycles. The van der Waals surface area contributed by atoms with Gasteiger partial charge in [0.2, 0.25) is 0 Å². The van der Waals surface area contributed by atoms with Crippen LogP contribution in [0.2, 0.25) is 0 Å². The lowest BCUT2D eigenvalue weighted by molar-refractivity contribution is -0.141. The second kappa shape index (κ2) is 7.73. The predicted octanol–water partition coefficient (Wildman–Crippen LogP) is 4.33. The first kappa shape index (κ1) is 19.8. The Morgan fingerprint density at radius 2 is 1.76 bits per heavy atom. The Labute approximate surface area is 171 Å². The van der Waals surface area contributed by atoms with Gasteiger partial charge in [-0.2, -0.15) is 0 Å². The molecule has 2 aliphatic rings. The van der Waals surface area contributed by atoms with Crippen LogP contribution in [0.1, 0.15) is 71.0 Å². The smallest absolute Gasteiger partial charge is 0.198 e. The summed E-state index contributed by atoms with van der Waals surface area (Å²) in [6.07, 6.45) is 2.57. The molecule has 1 unspecified atom stereocenters. The predicted molar refractivity (Wildman–Crippen MR) is 109 cm³/mol. The van der Waals surface area contributed by atoms with Crippen LogP contribution in [0, 0.1) is 0 Å².